The molecule has 0 radical (unpaired) electrons. The predicted octanol–water partition coefficient (Wildman–Crippen LogP) is 4.86. The highest BCUT2D eigenvalue weighted by molar-refractivity contribution is 9.10. The molecule has 162 valence electrons. The van der Waals surface area contributed by atoms with Crippen LogP contribution in [0.2, 0.25) is 0 Å². The van der Waals surface area contributed by atoms with E-state index in [0.29, 0.717) is 6.42 Å². The molecule has 0 aliphatic heterocycles. The minimum Gasteiger partial charge on any atom is -0.361 e. The molecule has 0 unspecified atom stereocenters. The van der Waals surface area contributed by atoms with Gasteiger partial charge in [0.2, 0.25) is 11.8 Å². The van der Waals surface area contributed by atoms with Gasteiger partial charge in [-0.3, -0.25) is 9.59 Å². The van der Waals surface area contributed by atoms with Crippen LogP contribution in [-0.4, -0.2) is 29.9 Å². The van der Waals surface area contributed by atoms with Crippen molar-refractivity contribution >= 4 is 44.3 Å². The van der Waals surface area contributed by atoms with Crippen LogP contribution >= 0.6 is 15.9 Å². The van der Waals surface area contributed by atoms with Crippen LogP contribution in [0.25, 0.3) is 10.9 Å². The maximum atomic E-state index is 13.4. The second-order valence-electron chi connectivity index (χ2n) is 7.72. The Bertz CT molecular complexity index is 1240. The highest BCUT2D eigenvalue weighted by atomic mass is 79.9. The van der Waals surface area contributed by atoms with Crippen LogP contribution in [0.4, 0.5) is 5.69 Å². The summed E-state index contributed by atoms with van der Waals surface area (Å²) in [6.45, 7) is 0. The van der Waals surface area contributed by atoms with Gasteiger partial charge in [0.05, 0.1) is 6.42 Å². The van der Waals surface area contributed by atoms with E-state index in [-0.39, 0.29) is 18.2 Å². The van der Waals surface area contributed by atoms with Crippen LogP contribution in [0.1, 0.15) is 11.1 Å². The second kappa shape index (κ2) is 9.83. The van der Waals surface area contributed by atoms with Crippen LogP contribution in [0, 0.1) is 0 Å². The molecule has 0 spiro atoms. The molecule has 2 N–H and O–H groups in total. The number of H-pyrrole nitrogens is 1. The molecule has 0 bridgehead atoms. The van der Waals surface area contributed by atoms with E-state index in [2.05, 4.69) is 26.2 Å². The van der Waals surface area contributed by atoms with Gasteiger partial charge >= 0.3 is 0 Å². The van der Waals surface area contributed by atoms with Crippen molar-refractivity contribution in [3.63, 3.8) is 0 Å². The SMILES string of the molecule is CN(C(=O)[C@H](Cc1ccccc1)NC(=O)Cc1c[nH]c2ccccc12)c1cccc(Br)c1. The van der Waals surface area contributed by atoms with Crippen molar-refractivity contribution in [1.82, 2.24) is 10.3 Å². The standard InChI is InChI=1S/C26H24BrN3O2/c1-30(21-11-7-10-20(27)16-21)26(32)24(14-18-8-3-2-4-9-18)29-25(31)15-19-17-28-23-13-6-5-12-22(19)23/h2-13,16-17,24,28H,14-15H2,1H3,(H,29,31)/t24-/m0/s1. The number of hydrogen-bond acceptors (Lipinski definition) is 2. The Balaban J connectivity index is 1.54. The van der Waals surface area contributed by atoms with Crippen molar-refractivity contribution in [3.8, 4) is 0 Å². The molecule has 3 aromatic carbocycles. The van der Waals surface area contributed by atoms with Crippen molar-refractivity contribution < 1.29 is 9.59 Å². The number of hydrogen-bond donors (Lipinski definition) is 2. The number of carbonyl (C=O) groups excluding carboxylic acids is 2. The van der Waals surface area contributed by atoms with Gasteiger partial charge < -0.3 is 15.2 Å². The summed E-state index contributed by atoms with van der Waals surface area (Å²) >= 11 is 3.45. The lowest BCUT2D eigenvalue weighted by Gasteiger charge is -2.25. The van der Waals surface area contributed by atoms with Crippen LogP contribution in [0.3, 0.4) is 0 Å². The number of nitrogens with one attached hydrogen (secondary N) is 2. The first-order chi connectivity index (χ1) is 15.5. The molecule has 4 rings (SSSR count). The van der Waals surface area contributed by atoms with E-state index in [1.54, 1.807) is 11.9 Å². The number of likely N-dealkylation sites (N-methyl/N-ethyl adjacent to an activating group) is 1. The lowest BCUT2D eigenvalue weighted by atomic mass is 10.0. The first-order valence-corrected chi connectivity index (χ1v) is 11.2. The fraction of sp³-hybridized carbons (Fsp3) is 0.154. The van der Waals surface area contributed by atoms with E-state index in [9.17, 15) is 9.59 Å². The van der Waals surface area contributed by atoms with Crippen molar-refractivity contribution in [2.45, 2.75) is 18.9 Å². The minimum absolute atomic E-state index is 0.167. The monoisotopic (exact) mass is 489 g/mol. The van der Waals surface area contributed by atoms with Gasteiger partial charge in [-0.1, -0.05) is 70.5 Å². The number of aromatic nitrogens is 1. The van der Waals surface area contributed by atoms with Crippen molar-refractivity contribution in [2.75, 3.05) is 11.9 Å². The summed E-state index contributed by atoms with van der Waals surface area (Å²) in [4.78, 5) is 31.2. The number of para-hydroxylation sites is 1. The predicted molar refractivity (Wildman–Crippen MR) is 132 cm³/mol. The molecule has 0 saturated heterocycles. The lowest BCUT2D eigenvalue weighted by molar-refractivity contribution is -0.127. The van der Waals surface area contributed by atoms with Crippen LogP contribution in [0.15, 0.2) is 89.5 Å². The highest BCUT2D eigenvalue weighted by Gasteiger charge is 2.25. The Hall–Kier alpha value is -3.38. The van der Waals surface area contributed by atoms with Gasteiger partial charge in [0.15, 0.2) is 0 Å². The second-order valence-corrected chi connectivity index (χ2v) is 8.64. The van der Waals surface area contributed by atoms with E-state index in [1.807, 2.05) is 85.1 Å². The number of nitrogens with zero attached hydrogens (tertiary/aromatic N) is 1. The summed E-state index contributed by atoms with van der Waals surface area (Å²) in [5, 5.41) is 3.99. The average Bonchev–Trinajstić information content (AvgIpc) is 3.21. The molecule has 0 fully saturated rings. The number of carbonyl (C=O) groups is 2. The fourth-order valence-corrected chi connectivity index (χ4v) is 4.18. The van der Waals surface area contributed by atoms with Gasteiger partial charge in [0.25, 0.3) is 0 Å². The molecule has 0 saturated carbocycles. The number of halogens is 1. The number of anilines is 1. The van der Waals surface area contributed by atoms with E-state index in [1.165, 1.54) is 0 Å². The smallest absolute Gasteiger partial charge is 0.249 e. The highest BCUT2D eigenvalue weighted by Crippen LogP contribution is 2.21. The number of benzene rings is 3. The average molecular weight is 490 g/mol. The molecule has 1 aromatic heterocycles. The Labute approximate surface area is 195 Å². The largest absolute Gasteiger partial charge is 0.361 e. The van der Waals surface area contributed by atoms with Crippen molar-refractivity contribution in [3.05, 3.63) is 101 Å². The number of rotatable bonds is 7. The summed E-state index contributed by atoms with van der Waals surface area (Å²) in [5.74, 6) is -0.356. The molecule has 1 heterocycles. The molecule has 4 aromatic rings. The van der Waals surface area contributed by atoms with Crippen molar-refractivity contribution in [1.29, 1.82) is 0 Å². The molecule has 5 nitrogen and oxygen atoms in total. The minimum atomic E-state index is -0.681. The van der Waals surface area contributed by atoms with Gasteiger partial charge in [-0.15, -0.1) is 0 Å². The first-order valence-electron chi connectivity index (χ1n) is 10.4. The third-order valence-corrected chi connectivity index (χ3v) is 5.96. The van der Waals surface area contributed by atoms with E-state index in [0.717, 1.165) is 32.2 Å². The molecule has 2 amide bonds. The van der Waals surface area contributed by atoms with Crippen LogP contribution in [0.5, 0.6) is 0 Å². The quantitative estimate of drug-likeness (QED) is 0.389. The Morgan fingerprint density at radius 1 is 1.00 bits per heavy atom. The van der Waals surface area contributed by atoms with E-state index >= 15 is 0 Å². The van der Waals surface area contributed by atoms with Crippen LogP contribution in [-0.2, 0) is 22.4 Å². The number of fused-ring (bicyclic) bond motifs is 1. The lowest BCUT2D eigenvalue weighted by Crippen LogP contribution is -2.49. The van der Waals surface area contributed by atoms with E-state index in [4.69, 9.17) is 0 Å². The molecule has 32 heavy (non-hydrogen) atoms. The summed E-state index contributed by atoms with van der Waals surface area (Å²) < 4.78 is 0.887. The molecule has 0 aliphatic rings. The topological polar surface area (TPSA) is 65.2 Å². The maximum absolute atomic E-state index is 13.4. The third-order valence-electron chi connectivity index (χ3n) is 5.47. The zero-order valence-corrected chi connectivity index (χ0v) is 19.3. The van der Waals surface area contributed by atoms with Crippen LogP contribution < -0.4 is 10.2 Å². The van der Waals surface area contributed by atoms with Gasteiger partial charge in [0.1, 0.15) is 6.04 Å². The van der Waals surface area contributed by atoms with E-state index < -0.39 is 6.04 Å². The molecule has 0 aliphatic carbocycles. The van der Waals surface area contributed by atoms with Gasteiger partial charge in [-0.25, -0.2) is 0 Å². The third kappa shape index (κ3) is 5.08. The Kier molecular flexibility index (Phi) is 6.71. The summed E-state index contributed by atoms with van der Waals surface area (Å²) in [6, 6.07) is 24.5. The molecular weight excluding hydrogens is 466 g/mol. The van der Waals surface area contributed by atoms with Crippen molar-refractivity contribution in [2.24, 2.45) is 0 Å². The summed E-state index contributed by atoms with van der Waals surface area (Å²) in [5.41, 5.74) is 3.64. The molecule has 1 atom stereocenters. The normalized spacial score (nSPS) is 11.8. The Morgan fingerprint density at radius 2 is 1.75 bits per heavy atom. The summed E-state index contributed by atoms with van der Waals surface area (Å²) in [6.07, 6.45) is 2.46. The number of aromatic amines is 1. The molecular formula is C26H24BrN3O2. The van der Waals surface area contributed by atoms with Gasteiger partial charge in [0, 0.05) is 40.7 Å². The fourth-order valence-electron chi connectivity index (χ4n) is 3.79. The summed E-state index contributed by atoms with van der Waals surface area (Å²) in [7, 11) is 1.73. The first kappa shape index (κ1) is 21.8. The Morgan fingerprint density at radius 3 is 2.53 bits per heavy atom. The maximum Gasteiger partial charge on any atom is 0.249 e. The zero-order valence-electron chi connectivity index (χ0n) is 17.7. The van der Waals surface area contributed by atoms with Gasteiger partial charge in [-0.05, 0) is 35.4 Å². The number of amides is 2. The zero-order chi connectivity index (χ0) is 22.5. The molecule has 6 heteroatoms. The van der Waals surface area contributed by atoms with Gasteiger partial charge in [-0.2, -0.15) is 0 Å².